The fourth-order valence-corrected chi connectivity index (χ4v) is 2.81. The minimum Gasteiger partial charge on any atom is -0.354 e. The molecule has 0 aliphatic carbocycles. The van der Waals surface area contributed by atoms with Crippen molar-refractivity contribution < 1.29 is 4.39 Å². The molecule has 2 heterocycles. The van der Waals surface area contributed by atoms with Crippen molar-refractivity contribution in [3.63, 3.8) is 0 Å². The number of aromatic nitrogens is 1. The monoisotopic (exact) mass is 280 g/mol. The van der Waals surface area contributed by atoms with Gasteiger partial charge in [0.25, 0.3) is 0 Å². The van der Waals surface area contributed by atoms with Crippen LogP contribution in [0.25, 0.3) is 0 Å². The van der Waals surface area contributed by atoms with Crippen molar-refractivity contribution in [3.05, 3.63) is 23.6 Å². The van der Waals surface area contributed by atoms with Crippen LogP contribution in [-0.2, 0) is 6.54 Å². The molecule has 1 aromatic rings. The molecule has 1 unspecified atom stereocenters. The van der Waals surface area contributed by atoms with Crippen LogP contribution in [0.4, 0.5) is 10.2 Å². The Morgan fingerprint density at radius 2 is 2.20 bits per heavy atom. The first-order valence-electron chi connectivity index (χ1n) is 7.49. The summed E-state index contributed by atoms with van der Waals surface area (Å²) in [6.07, 6.45) is 1.32. The van der Waals surface area contributed by atoms with Crippen LogP contribution in [0.3, 0.4) is 0 Å². The lowest BCUT2D eigenvalue weighted by Gasteiger charge is -2.40. The summed E-state index contributed by atoms with van der Waals surface area (Å²) in [7, 11) is 0. The average Bonchev–Trinajstić information content (AvgIpc) is 2.45. The Bertz CT molecular complexity index is 438. The molecule has 0 aromatic carbocycles. The van der Waals surface area contributed by atoms with Crippen molar-refractivity contribution in [2.45, 2.75) is 33.4 Å². The highest BCUT2D eigenvalue weighted by atomic mass is 19.1. The molecule has 0 saturated carbocycles. The maximum Gasteiger partial charge on any atom is 0.141 e. The first-order chi connectivity index (χ1) is 9.65. The number of rotatable bonds is 5. The van der Waals surface area contributed by atoms with Crippen LogP contribution in [0, 0.1) is 5.82 Å². The molecule has 20 heavy (non-hydrogen) atoms. The van der Waals surface area contributed by atoms with E-state index in [0.717, 1.165) is 44.1 Å². The van der Waals surface area contributed by atoms with E-state index in [1.165, 1.54) is 6.20 Å². The predicted molar refractivity (Wildman–Crippen MR) is 80.5 cm³/mol. The van der Waals surface area contributed by atoms with E-state index >= 15 is 0 Å². The number of piperazine rings is 1. The summed E-state index contributed by atoms with van der Waals surface area (Å²) in [6, 6.07) is 2.11. The van der Waals surface area contributed by atoms with Gasteiger partial charge in [0.1, 0.15) is 11.6 Å². The molecule has 1 aliphatic rings. The first kappa shape index (κ1) is 15.2. The summed E-state index contributed by atoms with van der Waals surface area (Å²) < 4.78 is 13.4. The molecule has 0 amide bonds. The Balaban J connectivity index is 2.15. The van der Waals surface area contributed by atoms with E-state index in [4.69, 9.17) is 0 Å². The van der Waals surface area contributed by atoms with Gasteiger partial charge in [0.15, 0.2) is 0 Å². The summed E-state index contributed by atoms with van der Waals surface area (Å²) >= 11 is 0. The van der Waals surface area contributed by atoms with E-state index in [-0.39, 0.29) is 5.82 Å². The van der Waals surface area contributed by atoms with Gasteiger partial charge < -0.3 is 10.2 Å². The second kappa shape index (κ2) is 6.99. The zero-order valence-corrected chi connectivity index (χ0v) is 12.7. The topological polar surface area (TPSA) is 31.4 Å². The van der Waals surface area contributed by atoms with Gasteiger partial charge in [-0.25, -0.2) is 9.37 Å². The third-order valence-corrected chi connectivity index (χ3v) is 3.95. The van der Waals surface area contributed by atoms with Crippen LogP contribution in [0.1, 0.15) is 26.3 Å². The standard InChI is InChI=1S/C15H25FN4/c1-4-17-9-13-8-14(16)10-18-15(13)20-7-6-19(5-2)12(3)11-20/h8,10,12,17H,4-7,9,11H2,1-3H3. The van der Waals surface area contributed by atoms with Crippen molar-refractivity contribution in [1.29, 1.82) is 0 Å². The van der Waals surface area contributed by atoms with Crippen LogP contribution in [0.2, 0.25) is 0 Å². The molecule has 1 fully saturated rings. The van der Waals surface area contributed by atoms with Crippen LogP contribution < -0.4 is 10.2 Å². The fourth-order valence-electron chi connectivity index (χ4n) is 2.81. The van der Waals surface area contributed by atoms with Crippen molar-refractivity contribution in [1.82, 2.24) is 15.2 Å². The van der Waals surface area contributed by atoms with E-state index in [9.17, 15) is 4.39 Å². The van der Waals surface area contributed by atoms with Crippen LogP contribution in [0.15, 0.2) is 12.3 Å². The lowest BCUT2D eigenvalue weighted by Crippen LogP contribution is -2.52. The molecule has 1 aliphatic heterocycles. The summed E-state index contributed by atoms with van der Waals surface area (Å²) in [5.41, 5.74) is 0.948. The molecule has 0 bridgehead atoms. The van der Waals surface area contributed by atoms with E-state index in [0.29, 0.717) is 12.6 Å². The van der Waals surface area contributed by atoms with Gasteiger partial charge in [-0.05, 0) is 26.1 Å². The third-order valence-electron chi connectivity index (χ3n) is 3.95. The van der Waals surface area contributed by atoms with Crippen LogP contribution in [0.5, 0.6) is 0 Å². The molecule has 0 spiro atoms. The van der Waals surface area contributed by atoms with Crippen molar-refractivity contribution in [2.24, 2.45) is 0 Å². The molecule has 5 heteroatoms. The molecule has 1 saturated heterocycles. The fraction of sp³-hybridized carbons (Fsp3) is 0.667. The summed E-state index contributed by atoms with van der Waals surface area (Å²) in [6.45, 7) is 12.0. The minimum atomic E-state index is -0.262. The van der Waals surface area contributed by atoms with Gasteiger partial charge in [-0.3, -0.25) is 4.90 Å². The van der Waals surface area contributed by atoms with Gasteiger partial charge in [-0.15, -0.1) is 0 Å². The number of halogens is 1. The van der Waals surface area contributed by atoms with E-state index in [1.54, 1.807) is 6.07 Å². The molecule has 1 atom stereocenters. The molecule has 1 aromatic heterocycles. The van der Waals surface area contributed by atoms with Crippen LogP contribution in [-0.4, -0.2) is 48.6 Å². The van der Waals surface area contributed by atoms with Gasteiger partial charge >= 0.3 is 0 Å². The molecular weight excluding hydrogens is 255 g/mol. The summed E-state index contributed by atoms with van der Waals surface area (Å²) in [5, 5.41) is 3.26. The Hall–Kier alpha value is -1.20. The number of anilines is 1. The lowest BCUT2D eigenvalue weighted by molar-refractivity contribution is 0.199. The molecule has 0 radical (unpaired) electrons. The molecule has 1 N–H and O–H groups in total. The maximum atomic E-state index is 13.4. The van der Waals surface area contributed by atoms with Crippen molar-refractivity contribution in [2.75, 3.05) is 37.6 Å². The van der Waals surface area contributed by atoms with Gasteiger partial charge in [0, 0.05) is 37.8 Å². The number of hydrogen-bond acceptors (Lipinski definition) is 4. The quantitative estimate of drug-likeness (QED) is 0.892. The zero-order chi connectivity index (χ0) is 14.5. The highest BCUT2D eigenvalue weighted by Gasteiger charge is 2.24. The second-order valence-corrected chi connectivity index (χ2v) is 5.34. The van der Waals surface area contributed by atoms with Gasteiger partial charge in [-0.1, -0.05) is 13.8 Å². The molecule has 112 valence electrons. The van der Waals surface area contributed by atoms with Gasteiger partial charge in [0.05, 0.1) is 6.20 Å². The highest BCUT2D eigenvalue weighted by Crippen LogP contribution is 2.22. The number of nitrogens with zero attached hydrogens (tertiary/aromatic N) is 3. The second-order valence-electron chi connectivity index (χ2n) is 5.34. The normalized spacial score (nSPS) is 20.4. The van der Waals surface area contributed by atoms with Gasteiger partial charge in [-0.2, -0.15) is 0 Å². The van der Waals surface area contributed by atoms with Crippen LogP contribution >= 0.6 is 0 Å². The number of hydrogen-bond donors (Lipinski definition) is 1. The molecule has 4 nitrogen and oxygen atoms in total. The average molecular weight is 280 g/mol. The summed E-state index contributed by atoms with van der Waals surface area (Å²) in [5.74, 6) is 0.664. The first-order valence-corrected chi connectivity index (χ1v) is 7.49. The smallest absolute Gasteiger partial charge is 0.141 e. The number of nitrogens with one attached hydrogen (secondary N) is 1. The lowest BCUT2D eigenvalue weighted by atomic mass is 10.1. The highest BCUT2D eigenvalue weighted by molar-refractivity contribution is 5.47. The third kappa shape index (κ3) is 3.46. The minimum absolute atomic E-state index is 0.262. The Morgan fingerprint density at radius 3 is 2.85 bits per heavy atom. The maximum absolute atomic E-state index is 13.4. The molecular formula is C15H25FN4. The largest absolute Gasteiger partial charge is 0.354 e. The van der Waals surface area contributed by atoms with Crippen molar-refractivity contribution >= 4 is 5.82 Å². The number of pyridine rings is 1. The predicted octanol–water partition coefficient (Wildman–Crippen LogP) is 1.86. The molecule has 2 rings (SSSR count). The van der Waals surface area contributed by atoms with E-state index < -0.39 is 0 Å². The van der Waals surface area contributed by atoms with E-state index in [2.05, 4.69) is 40.9 Å². The Labute approximate surface area is 121 Å². The SMILES string of the molecule is CCNCc1cc(F)cnc1N1CCN(CC)C(C)C1. The van der Waals surface area contributed by atoms with Crippen molar-refractivity contribution in [3.8, 4) is 0 Å². The summed E-state index contributed by atoms with van der Waals surface area (Å²) in [4.78, 5) is 9.08. The Morgan fingerprint density at radius 1 is 1.40 bits per heavy atom. The Kier molecular flexibility index (Phi) is 5.31. The van der Waals surface area contributed by atoms with E-state index in [1.807, 2.05) is 0 Å². The number of likely N-dealkylation sites (N-methyl/N-ethyl adjacent to an activating group) is 1. The van der Waals surface area contributed by atoms with Gasteiger partial charge in [0.2, 0.25) is 0 Å². The zero-order valence-electron chi connectivity index (χ0n) is 12.7.